The molecule has 1 amide bonds. The molecule has 1 unspecified atom stereocenters. The van der Waals surface area contributed by atoms with Crippen molar-refractivity contribution in [1.29, 1.82) is 0 Å². The summed E-state index contributed by atoms with van der Waals surface area (Å²) in [6.07, 6.45) is 2.03. The first kappa shape index (κ1) is 21.2. The highest BCUT2D eigenvalue weighted by molar-refractivity contribution is 8.00. The molecule has 9 heteroatoms. The predicted molar refractivity (Wildman–Crippen MR) is 115 cm³/mol. The van der Waals surface area contributed by atoms with Crippen molar-refractivity contribution >= 4 is 17.7 Å². The van der Waals surface area contributed by atoms with E-state index in [9.17, 15) is 9.18 Å². The van der Waals surface area contributed by atoms with E-state index in [1.54, 1.807) is 61.1 Å². The van der Waals surface area contributed by atoms with Crippen molar-refractivity contribution < 1.29 is 18.7 Å². The van der Waals surface area contributed by atoms with Crippen molar-refractivity contribution in [3.05, 3.63) is 60.2 Å². The molecule has 1 heterocycles. The van der Waals surface area contributed by atoms with Crippen LogP contribution in [0.4, 0.5) is 4.39 Å². The van der Waals surface area contributed by atoms with E-state index >= 15 is 0 Å². The molecule has 0 spiro atoms. The predicted octanol–water partition coefficient (Wildman–Crippen LogP) is 3.75. The minimum Gasteiger partial charge on any atom is -0.497 e. The number of carbonyl (C=O) groups is 1. The summed E-state index contributed by atoms with van der Waals surface area (Å²) in [7, 11) is 1.60. The fraction of sp³-hybridized carbons (Fsp3) is 0.318. The number of ether oxygens (including phenoxy) is 2. The van der Waals surface area contributed by atoms with E-state index in [1.807, 2.05) is 0 Å². The normalized spacial score (nSPS) is 14.2. The second-order valence-corrected chi connectivity index (χ2v) is 8.50. The number of rotatable bonds is 9. The topological polar surface area (TPSA) is 78.3 Å². The Morgan fingerprint density at radius 3 is 2.58 bits per heavy atom. The Hall–Kier alpha value is -3.07. The minimum atomic E-state index is -0.412. The maximum atomic E-state index is 14.6. The lowest BCUT2D eigenvalue weighted by molar-refractivity contribution is -0.120. The molecular weight excluding hydrogens is 419 g/mol. The van der Waals surface area contributed by atoms with Gasteiger partial charge in [0, 0.05) is 6.04 Å². The van der Waals surface area contributed by atoms with E-state index in [4.69, 9.17) is 9.47 Å². The smallest absolute Gasteiger partial charge is 0.233 e. The van der Waals surface area contributed by atoms with Gasteiger partial charge in [-0.1, -0.05) is 23.9 Å². The molecule has 1 atom stereocenters. The second kappa shape index (κ2) is 9.38. The zero-order valence-electron chi connectivity index (χ0n) is 17.2. The van der Waals surface area contributed by atoms with Gasteiger partial charge in [0.2, 0.25) is 5.91 Å². The quantitative estimate of drug-likeness (QED) is 0.509. The second-order valence-electron chi connectivity index (χ2n) is 7.19. The summed E-state index contributed by atoms with van der Waals surface area (Å²) in [4.78, 5) is 12.4. The molecule has 4 rings (SSSR count). The van der Waals surface area contributed by atoms with Crippen LogP contribution in [0.5, 0.6) is 11.5 Å². The molecule has 1 aromatic heterocycles. The van der Waals surface area contributed by atoms with Crippen LogP contribution in [0.15, 0.2) is 53.7 Å². The molecule has 1 N–H and O–H groups in total. The van der Waals surface area contributed by atoms with Crippen LogP contribution in [0.2, 0.25) is 0 Å². The number of aromatic nitrogens is 3. The van der Waals surface area contributed by atoms with E-state index in [-0.39, 0.29) is 18.6 Å². The first-order valence-electron chi connectivity index (χ1n) is 9.98. The van der Waals surface area contributed by atoms with E-state index in [1.165, 1.54) is 17.8 Å². The molecule has 0 radical (unpaired) electrons. The van der Waals surface area contributed by atoms with Gasteiger partial charge >= 0.3 is 0 Å². The van der Waals surface area contributed by atoms with Crippen molar-refractivity contribution in [2.75, 3.05) is 7.11 Å². The fourth-order valence-corrected chi connectivity index (χ4v) is 3.81. The monoisotopic (exact) mass is 442 g/mol. The zero-order valence-corrected chi connectivity index (χ0v) is 18.1. The van der Waals surface area contributed by atoms with Gasteiger partial charge in [0.1, 0.15) is 23.9 Å². The molecule has 0 saturated heterocycles. The van der Waals surface area contributed by atoms with Crippen LogP contribution in [0, 0.1) is 5.82 Å². The average molecular weight is 443 g/mol. The summed E-state index contributed by atoms with van der Waals surface area (Å²) < 4.78 is 27.2. The first-order valence-corrected chi connectivity index (χ1v) is 10.9. The number of amides is 1. The highest BCUT2D eigenvalue weighted by Crippen LogP contribution is 2.29. The van der Waals surface area contributed by atoms with Gasteiger partial charge in [0.25, 0.3) is 0 Å². The molecule has 7 nitrogen and oxygen atoms in total. The Morgan fingerprint density at radius 1 is 1.19 bits per heavy atom. The number of thioether (sulfide) groups is 1. The van der Waals surface area contributed by atoms with Crippen LogP contribution in [0.3, 0.4) is 0 Å². The van der Waals surface area contributed by atoms with Crippen molar-refractivity contribution in [2.24, 2.45) is 0 Å². The maximum Gasteiger partial charge on any atom is 0.233 e. The molecule has 3 aromatic rings. The summed E-state index contributed by atoms with van der Waals surface area (Å²) in [5.74, 6) is 1.30. The first-order chi connectivity index (χ1) is 15.0. The molecule has 2 aromatic carbocycles. The largest absolute Gasteiger partial charge is 0.497 e. The fourth-order valence-electron chi connectivity index (χ4n) is 2.92. The van der Waals surface area contributed by atoms with Crippen LogP contribution >= 0.6 is 11.8 Å². The van der Waals surface area contributed by atoms with Gasteiger partial charge < -0.3 is 14.8 Å². The number of methoxy groups -OCH3 is 1. The summed E-state index contributed by atoms with van der Waals surface area (Å²) in [5.41, 5.74) is 0.304. The van der Waals surface area contributed by atoms with Gasteiger partial charge in [-0.05, 0) is 56.2 Å². The summed E-state index contributed by atoms with van der Waals surface area (Å²) in [6, 6.07) is 13.8. The third kappa shape index (κ3) is 5.16. The number of hydrogen-bond acceptors (Lipinski definition) is 6. The number of nitrogens with one attached hydrogen (secondary N) is 1. The van der Waals surface area contributed by atoms with Gasteiger partial charge in [0.15, 0.2) is 11.0 Å². The lowest BCUT2D eigenvalue weighted by atomic mass is 10.3. The van der Waals surface area contributed by atoms with Crippen molar-refractivity contribution in [2.45, 2.75) is 42.8 Å². The molecule has 162 valence electrons. The van der Waals surface area contributed by atoms with Crippen LogP contribution in [0.1, 0.15) is 25.6 Å². The SMILES string of the molecule is COc1ccc(OCc2nnc(SC(C)C(=O)NC3CC3)n2-c2ccccc2F)cc1. The van der Waals surface area contributed by atoms with E-state index in [0.717, 1.165) is 18.6 Å². The molecule has 1 saturated carbocycles. The van der Waals surface area contributed by atoms with Gasteiger partial charge in [-0.15, -0.1) is 10.2 Å². The van der Waals surface area contributed by atoms with Gasteiger partial charge in [0.05, 0.1) is 18.0 Å². The average Bonchev–Trinajstić information content (AvgIpc) is 3.51. The number of carbonyl (C=O) groups excluding carboxylic acids is 1. The third-order valence-corrected chi connectivity index (χ3v) is 5.84. The van der Waals surface area contributed by atoms with Gasteiger partial charge in [-0.25, -0.2) is 4.39 Å². The number of hydrogen-bond donors (Lipinski definition) is 1. The zero-order chi connectivity index (χ0) is 21.8. The van der Waals surface area contributed by atoms with Gasteiger partial charge in [-0.3, -0.25) is 9.36 Å². The summed E-state index contributed by atoms with van der Waals surface area (Å²) in [6.45, 7) is 1.88. The molecule has 1 aliphatic rings. The summed E-state index contributed by atoms with van der Waals surface area (Å²) >= 11 is 1.24. The Morgan fingerprint density at radius 2 is 1.90 bits per heavy atom. The highest BCUT2D eigenvalue weighted by Gasteiger charge is 2.28. The lowest BCUT2D eigenvalue weighted by Crippen LogP contribution is -2.32. The Balaban J connectivity index is 1.57. The Bertz CT molecular complexity index is 1050. The standard InChI is InChI=1S/C22H23FN4O3S/c1-14(21(28)24-15-7-8-15)31-22-26-25-20(27(22)19-6-4-3-5-18(19)23)13-30-17-11-9-16(29-2)10-12-17/h3-6,9-12,14-15H,7-8,13H2,1-2H3,(H,24,28). The van der Waals surface area contributed by atoms with E-state index in [0.29, 0.717) is 22.4 Å². The van der Waals surface area contributed by atoms with Crippen molar-refractivity contribution in [3.63, 3.8) is 0 Å². The number of halogens is 1. The number of nitrogens with zero attached hydrogens (tertiary/aromatic N) is 3. The highest BCUT2D eigenvalue weighted by atomic mass is 32.2. The van der Waals surface area contributed by atoms with Crippen LogP contribution < -0.4 is 14.8 Å². The van der Waals surface area contributed by atoms with Crippen LogP contribution in [-0.2, 0) is 11.4 Å². The Kier molecular flexibility index (Phi) is 6.41. The lowest BCUT2D eigenvalue weighted by Gasteiger charge is -2.14. The maximum absolute atomic E-state index is 14.6. The molecule has 0 aliphatic heterocycles. The van der Waals surface area contributed by atoms with Gasteiger partial charge in [-0.2, -0.15) is 0 Å². The van der Waals surface area contributed by atoms with E-state index < -0.39 is 11.1 Å². The van der Waals surface area contributed by atoms with Crippen LogP contribution in [0.25, 0.3) is 5.69 Å². The molecule has 1 aliphatic carbocycles. The summed E-state index contributed by atoms with van der Waals surface area (Å²) in [5, 5.41) is 11.4. The van der Waals surface area contributed by atoms with Crippen molar-refractivity contribution in [1.82, 2.24) is 20.1 Å². The van der Waals surface area contributed by atoms with Crippen LogP contribution in [-0.4, -0.2) is 39.1 Å². The molecule has 0 bridgehead atoms. The third-order valence-electron chi connectivity index (χ3n) is 4.80. The molecule has 31 heavy (non-hydrogen) atoms. The minimum absolute atomic E-state index is 0.0633. The molecule has 1 fully saturated rings. The van der Waals surface area contributed by atoms with Crippen molar-refractivity contribution in [3.8, 4) is 17.2 Å². The van der Waals surface area contributed by atoms with E-state index in [2.05, 4.69) is 15.5 Å². The Labute approximate surface area is 184 Å². The number of para-hydroxylation sites is 1. The molecular formula is C22H23FN4O3S. The number of benzene rings is 2.